The molecule has 1 aromatic heterocycles. The highest BCUT2D eigenvalue weighted by atomic mass is 19.1. The molecular weight excluding hydrogens is 423 g/mol. The molecule has 1 spiro atoms. The van der Waals surface area contributed by atoms with Crippen LogP contribution in [0.4, 0.5) is 10.1 Å². The van der Waals surface area contributed by atoms with Crippen LogP contribution in [0.1, 0.15) is 27.2 Å². The van der Waals surface area contributed by atoms with Crippen molar-refractivity contribution in [2.24, 2.45) is 0 Å². The fraction of sp³-hybridized carbons (Fsp3) is 0.115. The van der Waals surface area contributed by atoms with Gasteiger partial charge in [0.25, 0.3) is 11.8 Å². The molecule has 7 heteroatoms. The molecule has 3 heterocycles. The quantitative estimate of drug-likeness (QED) is 0.475. The Balaban J connectivity index is 1.73. The molecule has 1 unspecified atom stereocenters. The number of anilines is 1. The summed E-state index contributed by atoms with van der Waals surface area (Å²) in [6.45, 7) is 0.0853. The van der Waals surface area contributed by atoms with Gasteiger partial charge in [0.05, 0.1) is 10.9 Å². The lowest BCUT2D eigenvalue weighted by atomic mass is 9.83. The Morgan fingerprint density at radius 2 is 1.67 bits per heavy atom. The minimum atomic E-state index is -1.70. The maximum Gasteiger partial charge on any atom is 0.291 e. The topological polar surface area (TPSA) is 70.8 Å². The highest BCUT2D eigenvalue weighted by Gasteiger charge is 2.64. The van der Waals surface area contributed by atoms with Gasteiger partial charge >= 0.3 is 0 Å². The monoisotopic (exact) mass is 440 g/mol. The average molecular weight is 440 g/mol. The van der Waals surface area contributed by atoms with Gasteiger partial charge in [-0.15, -0.1) is 0 Å². The van der Waals surface area contributed by atoms with Gasteiger partial charge in [-0.1, -0.05) is 48.5 Å². The van der Waals surface area contributed by atoms with Crippen LogP contribution in [0.3, 0.4) is 0 Å². The molecule has 1 atom stereocenters. The van der Waals surface area contributed by atoms with Crippen molar-refractivity contribution in [1.82, 2.24) is 4.90 Å². The van der Waals surface area contributed by atoms with Crippen molar-refractivity contribution in [3.05, 3.63) is 111 Å². The zero-order valence-electron chi connectivity index (χ0n) is 17.5. The molecule has 0 aliphatic carbocycles. The first-order chi connectivity index (χ1) is 15.9. The molecule has 33 heavy (non-hydrogen) atoms. The summed E-state index contributed by atoms with van der Waals surface area (Å²) in [7, 11) is 1.61. The number of para-hydroxylation sites is 1. The number of fused-ring (bicyclic) bond motifs is 5. The van der Waals surface area contributed by atoms with E-state index in [1.54, 1.807) is 31.3 Å². The molecular formula is C26H17FN2O4. The number of hydrogen-bond donors (Lipinski definition) is 0. The molecule has 2 aliphatic rings. The Hall–Kier alpha value is -4.26. The molecule has 0 saturated heterocycles. The number of nitrogens with zero attached hydrogens (tertiary/aromatic N) is 2. The number of benzene rings is 3. The first-order valence-corrected chi connectivity index (χ1v) is 10.4. The molecule has 0 N–H and O–H groups in total. The lowest BCUT2D eigenvalue weighted by Crippen LogP contribution is -2.52. The van der Waals surface area contributed by atoms with E-state index in [1.807, 2.05) is 30.3 Å². The van der Waals surface area contributed by atoms with Crippen molar-refractivity contribution in [3.8, 4) is 0 Å². The van der Waals surface area contributed by atoms with Crippen LogP contribution < -0.4 is 10.3 Å². The van der Waals surface area contributed by atoms with Crippen LogP contribution in [-0.4, -0.2) is 23.8 Å². The Morgan fingerprint density at radius 1 is 0.939 bits per heavy atom. The third-order valence-electron chi connectivity index (χ3n) is 6.51. The second-order valence-electron chi connectivity index (χ2n) is 8.24. The van der Waals surface area contributed by atoms with Gasteiger partial charge in [0, 0.05) is 24.8 Å². The first kappa shape index (κ1) is 19.4. The molecule has 2 aliphatic heterocycles. The molecule has 162 valence electrons. The number of amides is 2. The normalized spacial score (nSPS) is 19.0. The van der Waals surface area contributed by atoms with Gasteiger partial charge in [-0.3, -0.25) is 14.4 Å². The lowest BCUT2D eigenvalue weighted by molar-refractivity contribution is -0.126. The van der Waals surface area contributed by atoms with Crippen LogP contribution >= 0.6 is 0 Å². The van der Waals surface area contributed by atoms with Crippen LogP contribution in [-0.2, 0) is 16.9 Å². The zero-order valence-corrected chi connectivity index (χ0v) is 17.5. The summed E-state index contributed by atoms with van der Waals surface area (Å²) < 4.78 is 19.9. The highest BCUT2D eigenvalue weighted by molar-refractivity contribution is 6.16. The van der Waals surface area contributed by atoms with Gasteiger partial charge in [-0.05, 0) is 29.8 Å². The summed E-state index contributed by atoms with van der Waals surface area (Å²) in [6.07, 6.45) is 0. The smallest absolute Gasteiger partial charge is 0.291 e. The SMILES string of the molecule is CN1C(=O)C2(c3ccccc31)c1c(oc3ccc(F)cc3c1=O)C(=O)N2Cc1ccccc1. The number of rotatable bonds is 2. The molecule has 6 rings (SSSR count). The summed E-state index contributed by atoms with van der Waals surface area (Å²) in [5, 5.41) is -0.0117. The van der Waals surface area contributed by atoms with Crippen LogP contribution in [0.2, 0.25) is 0 Å². The van der Waals surface area contributed by atoms with Gasteiger partial charge in [0.15, 0.2) is 11.0 Å². The highest BCUT2D eigenvalue weighted by Crippen LogP contribution is 2.52. The zero-order chi connectivity index (χ0) is 22.9. The van der Waals surface area contributed by atoms with Crippen molar-refractivity contribution in [1.29, 1.82) is 0 Å². The van der Waals surface area contributed by atoms with E-state index in [1.165, 1.54) is 21.9 Å². The van der Waals surface area contributed by atoms with Crippen LogP contribution in [0.15, 0.2) is 82.0 Å². The molecule has 4 aromatic rings. The molecule has 0 radical (unpaired) electrons. The molecule has 0 fully saturated rings. The van der Waals surface area contributed by atoms with E-state index in [0.29, 0.717) is 11.3 Å². The minimum absolute atomic E-state index is 0.0117. The Labute approximate surface area is 187 Å². The van der Waals surface area contributed by atoms with E-state index in [9.17, 15) is 18.8 Å². The third kappa shape index (κ3) is 2.39. The number of hydrogen-bond acceptors (Lipinski definition) is 4. The Kier molecular flexibility index (Phi) is 3.90. The molecule has 2 amide bonds. The summed E-state index contributed by atoms with van der Waals surface area (Å²) in [6, 6.07) is 19.9. The van der Waals surface area contributed by atoms with Gasteiger partial charge in [0.2, 0.25) is 5.76 Å². The second-order valence-corrected chi connectivity index (χ2v) is 8.24. The number of halogens is 1. The predicted molar refractivity (Wildman–Crippen MR) is 119 cm³/mol. The third-order valence-corrected chi connectivity index (χ3v) is 6.51. The first-order valence-electron chi connectivity index (χ1n) is 10.4. The maximum absolute atomic E-state index is 14.0. The largest absolute Gasteiger partial charge is 0.450 e. The van der Waals surface area contributed by atoms with Gasteiger partial charge < -0.3 is 14.2 Å². The number of carbonyl (C=O) groups is 2. The van der Waals surface area contributed by atoms with Gasteiger partial charge in [-0.2, -0.15) is 0 Å². The van der Waals surface area contributed by atoms with Crippen LogP contribution in [0.5, 0.6) is 0 Å². The fourth-order valence-electron chi connectivity index (χ4n) is 5.05. The van der Waals surface area contributed by atoms with E-state index in [4.69, 9.17) is 4.42 Å². The molecule has 0 saturated carbocycles. The molecule has 3 aromatic carbocycles. The summed E-state index contributed by atoms with van der Waals surface area (Å²) in [4.78, 5) is 44.3. The van der Waals surface area contributed by atoms with Crippen molar-refractivity contribution in [3.63, 3.8) is 0 Å². The average Bonchev–Trinajstić information content (AvgIpc) is 3.20. The minimum Gasteiger partial charge on any atom is -0.450 e. The molecule has 0 bridgehead atoms. The predicted octanol–water partition coefficient (Wildman–Crippen LogP) is 3.81. The van der Waals surface area contributed by atoms with Gasteiger partial charge in [0.1, 0.15) is 11.4 Å². The van der Waals surface area contributed by atoms with E-state index < -0.39 is 28.6 Å². The van der Waals surface area contributed by atoms with E-state index in [-0.39, 0.29) is 28.8 Å². The van der Waals surface area contributed by atoms with Gasteiger partial charge in [-0.25, -0.2) is 4.39 Å². The van der Waals surface area contributed by atoms with Crippen LogP contribution in [0, 0.1) is 5.82 Å². The van der Waals surface area contributed by atoms with E-state index in [2.05, 4.69) is 0 Å². The van der Waals surface area contributed by atoms with E-state index in [0.717, 1.165) is 11.6 Å². The van der Waals surface area contributed by atoms with Crippen LogP contribution in [0.25, 0.3) is 11.0 Å². The van der Waals surface area contributed by atoms with Crippen molar-refractivity contribution < 1.29 is 18.4 Å². The second kappa shape index (κ2) is 6.62. The lowest BCUT2D eigenvalue weighted by Gasteiger charge is -2.34. The number of carbonyl (C=O) groups excluding carboxylic acids is 2. The maximum atomic E-state index is 14.0. The van der Waals surface area contributed by atoms with E-state index >= 15 is 0 Å². The Morgan fingerprint density at radius 3 is 2.45 bits per heavy atom. The number of likely N-dealkylation sites (N-methyl/N-ethyl adjacent to an activating group) is 1. The standard InChI is InChI=1S/C26H17FN2O4/c1-28-19-10-6-5-9-18(19)26(25(28)32)21-22(30)17-13-16(27)11-12-20(17)33-23(21)24(31)29(26)14-15-7-3-2-4-8-15/h2-13H,14H2,1H3. The summed E-state index contributed by atoms with van der Waals surface area (Å²) in [5.41, 5.74) is -0.354. The van der Waals surface area contributed by atoms with Crippen molar-refractivity contribution >= 4 is 28.5 Å². The summed E-state index contributed by atoms with van der Waals surface area (Å²) >= 11 is 0. The molecule has 6 nitrogen and oxygen atoms in total. The summed E-state index contributed by atoms with van der Waals surface area (Å²) in [5.74, 6) is -1.79. The Bertz CT molecular complexity index is 1550. The van der Waals surface area contributed by atoms with Crippen molar-refractivity contribution in [2.45, 2.75) is 12.1 Å². The fourth-order valence-corrected chi connectivity index (χ4v) is 5.05. The van der Waals surface area contributed by atoms with Crippen molar-refractivity contribution in [2.75, 3.05) is 11.9 Å².